The topological polar surface area (TPSA) is 55.1 Å². The molecule has 17 heavy (non-hydrogen) atoms. The second kappa shape index (κ2) is 5.82. The minimum atomic E-state index is -0.313. The molecule has 0 fully saturated rings. The van der Waals surface area contributed by atoms with Crippen LogP contribution < -0.4 is 11.1 Å². The number of hydrogen-bond acceptors (Lipinski definition) is 2. The summed E-state index contributed by atoms with van der Waals surface area (Å²) in [5.74, 6) is -0.296. The first-order valence-electron chi connectivity index (χ1n) is 6.05. The van der Waals surface area contributed by atoms with Crippen LogP contribution in [0.1, 0.15) is 32.8 Å². The van der Waals surface area contributed by atoms with E-state index in [-0.39, 0.29) is 17.5 Å². The summed E-state index contributed by atoms with van der Waals surface area (Å²) in [7, 11) is 0. The van der Waals surface area contributed by atoms with Gasteiger partial charge >= 0.3 is 0 Å². The quantitative estimate of drug-likeness (QED) is 0.789. The molecule has 0 spiro atoms. The predicted molar refractivity (Wildman–Crippen MR) is 70.6 cm³/mol. The van der Waals surface area contributed by atoms with E-state index in [1.165, 1.54) is 0 Å². The van der Waals surface area contributed by atoms with Crippen molar-refractivity contribution in [3.63, 3.8) is 0 Å². The van der Waals surface area contributed by atoms with Crippen molar-refractivity contribution >= 4 is 5.91 Å². The molecule has 0 saturated carbocycles. The lowest BCUT2D eigenvalue weighted by molar-refractivity contribution is -0.120. The molecule has 0 aliphatic carbocycles. The Morgan fingerprint density at radius 1 is 1.35 bits per heavy atom. The molecule has 0 aliphatic heterocycles. The van der Waals surface area contributed by atoms with Gasteiger partial charge in [0.05, 0.1) is 6.04 Å². The minimum Gasteiger partial charge on any atom is -0.368 e. The standard InChI is InChI=1S/C14H22N2O/c1-4-14(2,3)16-12(13(15)17)10-11-8-6-5-7-9-11/h5-9,12,16H,4,10H2,1-3H3,(H2,15,17)/t12-/m0/s1. The van der Waals surface area contributed by atoms with Gasteiger partial charge < -0.3 is 11.1 Å². The smallest absolute Gasteiger partial charge is 0.234 e. The first kappa shape index (κ1) is 13.7. The average Bonchev–Trinajstić information content (AvgIpc) is 2.29. The number of nitrogens with two attached hydrogens (primary N) is 1. The molecule has 1 amide bonds. The highest BCUT2D eigenvalue weighted by Crippen LogP contribution is 2.11. The van der Waals surface area contributed by atoms with E-state index in [1.807, 2.05) is 30.3 Å². The van der Waals surface area contributed by atoms with Gasteiger partial charge in [0.1, 0.15) is 0 Å². The molecule has 0 unspecified atom stereocenters. The maximum atomic E-state index is 11.5. The third-order valence-electron chi connectivity index (χ3n) is 3.07. The summed E-state index contributed by atoms with van der Waals surface area (Å²) in [6.45, 7) is 6.25. The molecule has 0 bridgehead atoms. The van der Waals surface area contributed by atoms with Crippen molar-refractivity contribution in [2.75, 3.05) is 0 Å². The number of carbonyl (C=O) groups is 1. The van der Waals surface area contributed by atoms with Gasteiger partial charge in [0, 0.05) is 5.54 Å². The summed E-state index contributed by atoms with van der Waals surface area (Å²) in [6, 6.07) is 9.61. The summed E-state index contributed by atoms with van der Waals surface area (Å²) in [5, 5.41) is 3.32. The summed E-state index contributed by atoms with van der Waals surface area (Å²) in [4.78, 5) is 11.5. The van der Waals surface area contributed by atoms with Crippen LogP contribution in [-0.2, 0) is 11.2 Å². The van der Waals surface area contributed by atoms with Crippen LogP contribution in [-0.4, -0.2) is 17.5 Å². The van der Waals surface area contributed by atoms with Gasteiger partial charge in [-0.1, -0.05) is 37.3 Å². The molecule has 1 atom stereocenters. The van der Waals surface area contributed by atoms with E-state index in [0.29, 0.717) is 6.42 Å². The van der Waals surface area contributed by atoms with Gasteiger partial charge in [-0.2, -0.15) is 0 Å². The van der Waals surface area contributed by atoms with Crippen molar-refractivity contribution < 1.29 is 4.79 Å². The Balaban J connectivity index is 2.71. The number of benzene rings is 1. The molecule has 0 aliphatic rings. The van der Waals surface area contributed by atoms with Crippen LogP contribution >= 0.6 is 0 Å². The molecular weight excluding hydrogens is 212 g/mol. The van der Waals surface area contributed by atoms with E-state index >= 15 is 0 Å². The third-order valence-corrected chi connectivity index (χ3v) is 3.07. The number of primary amides is 1. The van der Waals surface area contributed by atoms with Crippen molar-refractivity contribution in [1.82, 2.24) is 5.32 Å². The minimum absolute atomic E-state index is 0.0749. The Morgan fingerprint density at radius 3 is 2.41 bits per heavy atom. The fourth-order valence-corrected chi connectivity index (χ4v) is 1.65. The molecule has 1 rings (SSSR count). The largest absolute Gasteiger partial charge is 0.368 e. The molecular formula is C14H22N2O. The second-order valence-corrected chi connectivity index (χ2v) is 5.03. The lowest BCUT2D eigenvalue weighted by Gasteiger charge is -2.29. The number of nitrogens with one attached hydrogen (secondary N) is 1. The molecule has 0 heterocycles. The van der Waals surface area contributed by atoms with Crippen LogP contribution in [0.3, 0.4) is 0 Å². The molecule has 1 aromatic rings. The van der Waals surface area contributed by atoms with Gasteiger partial charge in [0.2, 0.25) is 5.91 Å². The van der Waals surface area contributed by atoms with Gasteiger partial charge in [-0.3, -0.25) is 4.79 Å². The van der Waals surface area contributed by atoms with Gasteiger partial charge in [-0.15, -0.1) is 0 Å². The number of amides is 1. The van der Waals surface area contributed by atoms with Gasteiger partial charge in [0.25, 0.3) is 0 Å². The molecule has 1 aromatic carbocycles. The van der Waals surface area contributed by atoms with Crippen molar-refractivity contribution in [1.29, 1.82) is 0 Å². The van der Waals surface area contributed by atoms with Crippen molar-refractivity contribution in [3.8, 4) is 0 Å². The van der Waals surface area contributed by atoms with Crippen LogP contribution in [0, 0.1) is 0 Å². The number of rotatable bonds is 6. The highest BCUT2D eigenvalue weighted by molar-refractivity contribution is 5.80. The van der Waals surface area contributed by atoms with Crippen LogP contribution in [0.2, 0.25) is 0 Å². The van der Waals surface area contributed by atoms with E-state index in [9.17, 15) is 4.79 Å². The Morgan fingerprint density at radius 2 is 1.94 bits per heavy atom. The predicted octanol–water partition coefficient (Wildman–Crippen LogP) is 1.86. The zero-order valence-corrected chi connectivity index (χ0v) is 10.9. The lowest BCUT2D eigenvalue weighted by Crippen LogP contribution is -2.52. The van der Waals surface area contributed by atoms with Crippen molar-refractivity contribution in [3.05, 3.63) is 35.9 Å². The molecule has 0 aromatic heterocycles. The maximum absolute atomic E-state index is 11.5. The first-order chi connectivity index (χ1) is 7.94. The summed E-state index contributed by atoms with van der Waals surface area (Å²) >= 11 is 0. The monoisotopic (exact) mass is 234 g/mol. The van der Waals surface area contributed by atoms with E-state index in [4.69, 9.17) is 5.73 Å². The highest BCUT2D eigenvalue weighted by atomic mass is 16.1. The fraction of sp³-hybridized carbons (Fsp3) is 0.500. The van der Waals surface area contributed by atoms with Crippen LogP contribution in [0.5, 0.6) is 0 Å². The Hall–Kier alpha value is -1.35. The van der Waals surface area contributed by atoms with Crippen molar-refractivity contribution in [2.24, 2.45) is 5.73 Å². The van der Waals surface area contributed by atoms with Crippen LogP contribution in [0.15, 0.2) is 30.3 Å². The number of carbonyl (C=O) groups excluding carboxylic acids is 1. The zero-order chi connectivity index (χ0) is 12.9. The van der Waals surface area contributed by atoms with Gasteiger partial charge in [0.15, 0.2) is 0 Å². The molecule has 3 nitrogen and oxygen atoms in total. The average molecular weight is 234 g/mol. The molecule has 0 saturated heterocycles. The van der Waals surface area contributed by atoms with Gasteiger partial charge in [-0.05, 0) is 32.3 Å². The molecule has 3 N–H and O–H groups in total. The van der Waals surface area contributed by atoms with Crippen molar-refractivity contribution in [2.45, 2.75) is 45.2 Å². The normalized spacial score (nSPS) is 13.4. The SMILES string of the molecule is CCC(C)(C)N[C@@H](Cc1ccccc1)C(N)=O. The second-order valence-electron chi connectivity index (χ2n) is 5.03. The van der Waals surface area contributed by atoms with E-state index in [0.717, 1.165) is 12.0 Å². The van der Waals surface area contributed by atoms with Crippen LogP contribution in [0.25, 0.3) is 0 Å². The summed E-state index contributed by atoms with van der Waals surface area (Å²) < 4.78 is 0. The van der Waals surface area contributed by atoms with E-state index in [1.54, 1.807) is 0 Å². The number of hydrogen-bond donors (Lipinski definition) is 2. The van der Waals surface area contributed by atoms with Crippen LogP contribution in [0.4, 0.5) is 0 Å². The molecule has 3 heteroatoms. The highest BCUT2D eigenvalue weighted by Gasteiger charge is 2.23. The Kier molecular flexibility index (Phi) is 4.70. The fourth-order valence-electron chi connectivity index (χ4n) is 1.65. The first-order valence-corrected chi connectivity index (χ1v) is 6.05. The summed E-state index contributed by atoms with van der Waals surface area (Å²) in [6.07, 6.45) is 1.59. The Labute approximate surface area is 103 Å². The van der Waals surface area contributed by atoms with E-state index in [2.05, 4.69) is 26.1 Å². The lowest BCUT2D eigenvalue weighted by atomic mass is 9.97. The Bertz CT molecular complexity index is 360. The molecule has 94 valence electrons. The van der Waals surface area contributed by atoms with Gasteiger partial charge in [-0.25, -0.2) is 0 Å². The summed E-state index contributed by atoms with van der Waals surface area (Å²) in [5.41, 5.74) is 6.49. The van der Waals surface area contributed by atoms with E-state index < -0.39 is 0 Å². The maximum Gasteiger partial charge on any atom is 0.234 e. The molecule has 0 radical (unpaired) electrons. The third kappa shape index (κ3) is 4.57. The zero-order valence-electron chi connectivity index (χ0n) is 10.9.